The normalized spacial score (nSPS) is 10.7. The molecule has 0 aliphatic heterocycles. The number of hydrogen-bond donors (Lipinski definition) is 1. The summed E-state index contributed by atoms with van der Waals surface area (Å²) in [6.07, 6.45) is 1.59. The molecule has 8 heteroatoms. The van der Waals surface area contributed by atoms with Crippen molar-refractivity contribution in [3.63, 3.8) is 0 Å². The summed E-state index contributed by atoms with van der Waals surface area (Å²) >= 11 is 1.05. The lowest BCUT2D eigenvalue weighted by Gasteiger charge is -2.06. The Bertz CT molecular complexity index is 641. The number of thioether (sulfide) groups is 1. The van der Waals surface area contributed by atoms with Crippen molar-refractivity contribution < 1.29 is 19.4 Å². The van der Waals surface area contributed by atoms with E-state index in [-0.39, 0.29) is 18.9 Å². The zero-order valence-electron chi connectivity index (χ0n) is 10.8. The van der Waals surface area contributed by atoms with Crippen LogP contribution in [-0.4, -0.2) is 43.9 Å². The van der Waals surface area contributed by atoms with E-state index in [1.165, 1.54) is 0 Å². The Morgan fingerprint density at radius 2 is 2.30 bits per heavy atom. The number of carbonyl (C=O) groups excluding carboxylic acids is 1. The first-order valence-corrected chi connectivity index (χ1v) is 6.92. The highest BCUT2D eigenvalue weighted by molar-refractivity contribution is 7.99. The predicted molar refractivity (Wildman–Crippen MR) is 72.5 cm³/mol. The van der Waals surface area contributed by atoms with Crippen LogP contribution in [0.5, 0.6) is 0 Å². The quantitative estimate of drug-likeness (QED) is 0.631. The number of pyridine rings is 1. The van der Waals surface area contributed by atoms with Crippen LogP contribution in [0.15, 0.2) is 23.5 Å². The molecule has 0 aromatic carbocycles. The molecule has 2 aromatic rings. The smallest absolute Gasteiger partial charge is 0.326 e. The molecular formula is C12H13N3O4S. The van der Waals surface area contributed by atoms with Crippen LogP contribution < -0.4 is 0 Å². The van der Waals surface area contributed by atoms with Crippen LogP contribution in [0.3, 0.4) is 0 Å². The molecule has 0 radical (unpaired) electrons. The lowest BCUT2D eigenvalue weighted by Crippen LogP contribution is -2.15. The molecule has 0 amide bonds. The fraction of sp³-hybridized carbons (Fsp3) is 0.333. The summed E-state index contributed by atoms with van der Waals surface area (Å²) in [5.74, 6) is -1.49. The fourth-order valence-electron chi connectivity index (χ4n) is 1.65. The summed E-state index contributed by atoms with van der Waals surface area (Å²) in [4.78, 5) is 30.7. The number of carboxylic acids is 1. The van der Waals surface area contributed by atoms with Gasteiger partial charge in [0.25, 0.3) is 0 Å². The van der Waals surface area contributed by atoms with E-state index in [9.17, 15) is 9.59 Å². The zero-order valence-corrected chi connectivity index (χ0v) is 11.6. The van der Waals surface area contributed by atoms with Crippen molar-refractivity contribution in [3.05, 3.63) is 18.3 Å². The largest absolute Gasteiger partial charge is 0.481 e. The Hall–Kier alpha value is -2.09. The average molecular weight is 295 g/mol. The molecule has 0 aliphatic rings. The molecule has 7 nitrogen and oxygen atoms in total. The molecular weight excluding hydrogens is 282 g/mol. The number of nitrogens with zero attached hydrogens (tertiary/aromatic N) is 3. The summed E-state index contributed by atoms with van der Waals surface area (Å²) in [7, 11) is 0. The molecule has 0 bridgehead atoms. The third kappa shape index (κ3) is 3.27. The molecule has 0 saturated carbocycles. The number of hydrogen-bond acceptors (Lipinski definition) is 6. The Morgan fingerprint density at radius 1 is 1.50 bits per heavy atom. The maximum absolute atomic E-state index is 11.6. The van der Waals surface area contributed by atoms with Crippen molar-refractivity contribution in [2.45, 2.75) is 18.6 Å². The summed E-state index contributed by atoms with van der Waals surface area (Å²) in [5.41, 5.74) is 1.15. The van der Waals surface area contributed by atoms with Gasteiger partial charge in [-0.1, -0.05) is 11.8 Å². The molecule has 0 fully saturated rings. The van der Waals surface area contributed by atoms with Crippen LogP contribution in [-0.2, 0) is 20.9 Å². The van der Waals surface area contributed by atoms with Crippen molar-refractivity contribution in [2.75, 3.05) is 12.4 Å². The van der Waals surface area contributed by atoms with E-state index < -0.39 is 11.9 Å². The third-order valence-corrected chi connectivity index (χ3v) is 3.35. The molecule has 0 spiro atoms. The van der Waals surface area contributed by atoms with Crippen molar-refractivity contribution in [2.24, 2.45) is 0 Å². The first kappa shape index (κ1) is 14.3. The van der Waals surface area contributed by atoms with Gasteiger partial charge in [-0.25, -0.2) is 9.97 Å². The van der Waals surface area contributed by atoms with E-state index in [0.717, 1.165) is 11.8 Å². The van der Waals surface area contributed by atoms with Gasteiger partial charge in [0, 0.05) is 6.20 Å². The van der Waals surface area contributed by atoms with Crippen LogP contribution in [0.25, 0.3) is 11.2 Å². The highest BCUT2D eigenvalue weighted by Gasteiger charge is 2.16. The van der Waals surface area contributed by atoms with Crippen LogP contribution in [0.2, 0.25) is 0 Å². The van der Waals surface area contributed by atoms with Gasteiger partial charge in [-0.2, -0.15) is 0 Å². The van der Waals surface area contributed by atoms with E-state index in [2.05, 4.69) is 9.97 Å². The van der Waals surface area contributed by atoms with Gasteiger partial charge in [-0.15, -0.1) is 0 Å². The number of aliphatic carboxylic acids is 1. The summed E-state index contributed by atoms with van der Waals surface area (Å²) < 4.78 is 6.47. The molecule has 0 aliphatic carbocycles. The van der Waals surface area contributed by atoms with Crippen molar-refractivity contribution in [1.29, 1.82) is 0 Å². The first-order chi connectivity index (χ1) is 9.61. The predicted octanol–water partition coefficient (Wildman–Crippen LogP) is 1.17. The van der Waals surface area contributed by atoms with Gasteiger partial charge in [0.1, 0.15) is 12.1 Å². The third-order valence-electron chi connectivity index (χ3n) is 2.39. The maximum atomic E-state index is 11.6. The second-order valence-electron chi connectivity index (χ2n) is 3.81. The number of esters is 1. The van der Waals surface area contributed by atoms with Gasteiger partial charge in [0.05, 0.1) is 12.4 Å². The van der Waals surface area contributed by atoms with Crippen LogP contribution in [0, 0.1) is 0 Å². The summed E-state index contributed by atoms with van der Waals surface area (Å²) in [6.45, 7) is 1.97. The summed E-state index contributed by atoms with van der Waals surface area (Å²) in [6, 6.07) is 3.49. The van der Waals surface area contributed by atoms with Gasteiger partial charge in [-0.3, -0.25) is 14.2 Å². The topological polar surface area (TPSA) is 94.3 Å². The van der Waals surface area contributed by atoms with Gasteiger partial charge in [0.15, 0.2) is 10.8 Å². The molecule has 2 rings (SSSR count). The Kier molecular flexibility index (Phi) is 4.57. The average Bonchev–Trinajstić information content (AvgIpc) is 2.75. The highest BCUT2D eigenvalue weighted by atomic mass is 32.2. The SMILES string of the molecule is CCOC(=O)Cn1c(SCC(=O)O)nc2cccnc21. The first-order valence-electron chi connectivity index (χ1n) is 5.93. The number of ether oxygens (including phenoxy) is 1. The number of carbonyl (C=O) groups is 2. The monoisotopic (exact) mass is 295 g/mol. The molecule has 106 valence electrons. The van der Waals surface area contributed by atoms with Crippen LogP contribution in [0.4, 0.5) is 0 Å². The standard InChI is InChI=1S/C12H13N3O4S/c1-2-19-10(18)6-15-11-8(4-3-5-13-11)14-12(15)20-7-9(16)17/h3-5H,2,6-7H2,1H3,(H,16,17). The molecule has 0 unspecified atom stereocenters. The number of aromatic nitrogens is 3. The van der Waals surface area contributed by atoms with Crippen molar-refractivity contribution in [3.8, 4) is 0 Å². The number of imidazole rings is 1. The van der Waals surface area contributed by atoms with Crippen molar-refractivity contribution >= 4 is 34.9 Å². The summed E-state index contributed by atoms with van der Waals surface area (Å²) in [5, 5.41) is 9.18. The minimum Gasteiger partial charge on any atom is -0.481 e. The zero-order chi connectivity index (χ0) is 14.5. The van der Waals surface area contributed by atoms with Gasteiger partial charge >= 0.3 is 11.9 Å². The number of rotatable bonds is 6. The second-order valence-corrected chi connectivity index (χ2v) is 4.76. The molecule has 2 heterocycles. The van der Waals surface area contributed by atoms with Gasteiger partial charge in [-0.05, 0) is 19.1 Å². The van der Waals surface area contributed by atoms with E-state index in [0.29, 0.717) is 16.3 Å². The Labute approximate surface area is 119 Å². The van der Waals surface area contributed by atoms with Gasteiger partial charge in [0.2, 0.25) is 0 Å². The molecule has 2 aromatic heterocycles. The molecule has 0 saturated heterocycles. The second kappa shape index (κ2) is 6.38. The minimum atomic E-state index is -0.947. The maximum Gasteiger partial charge on any atom is 0.326 e. The number of carboxylic acid groups (broad SMARTS) is 1. The Balaban J connectivity index is 2.33. The van der Waals surface area contributed by atoms with Crippen LogP contribution in [0.1, 0.15) is 6.92 Å². The Morgan fingerprint density at radius 3 is 3.00 bits per heavy atom. The molecule has 20 heavy (non-hydrogen) atoms. The lowest BCUT2D eigenvalue weighted by molar-refractivity contribution is -0.143. The fourth-order valence-corrected chi connectivity index (χ4v) is 2.37. The van der Waals surface area contributed by atoms with E-state index in [1.54, 1.807) is 29.8 Å². The van der Waals surface area contributed by atoms with Gasteiger partial charge < -0.3 is 9.84 Å². The van der Waals surface area contributed by atoms with Crippen LogP contribution >= 0.6 is 11.8 Å². The lowest BCUT2D eigenvalue weighted by atomic mass is 10.4. The highest BCUT2D eigenvalue weighted by Crippen LogP contribution is 2.22. The molecule has 1 N–H and O–H groups in total. The van der Waals surface area contributed by atoms with E-state index >= 15 is 0 Å². The van der Waals surface area contributed by atoms with E-state index in [1.807, 2.05) is 0 Å². The molecule has 0 atom stereocenters. The minimum absolute atomic E-state index is 0.0384. The number of fused-ring (bicyclic) bond motifs is 1. The van der Waals surface area contributed by atoms with E-state index in [4.69, 9.17) is 9.84 Å². The van der Waals surface area contributed by atoms with Crippen molar-refractivity contribution in [1.82, 2.24) is 14.5 Å².